The predicted octanol–water partition coefficient (Wildman–Crippen LogP) is 3.14. The first-order chi connectivity index (χ1) is 11.9. The molecule has 5 heteroatoms. The zero-order valence-electron chi connectivity index (χ0n) is 16.2. The Balaban J connectivity index is 2.00. The van der Waals surface area contributed by atoms with Crippen molar-refractivity contribution in [3.05, 3.63) is 23.8 Å². The Morgan fingerprint density at radius 2 is 1.72 bits per heavy atom. The molecule has 1 saturated heterocycles. The number of carbonyl (C=O) groups excluding carboxylic acids is 1. The molecule has 0 aliphatic carbocycles. The van der Waals surface area contributed by atoms with Crippen molar-refractivity contribution in [2.45, 2.75) is 27.7 Å². The molecule has 0 atom stereocenters. The Kier molecular flexibility index (Phi) is 7.12. The molecule has 2 rings (SSSR count). The summed E-state index contributed by atoms with van der Waals surface area (Å²) in [6.45, 7) is 13.8. The monoisotopic (exact) mass is 348 g/mol. The van der Waals surface area contributed by atoms with Gasteiger partial charge in [-0.05, 0) is 30.0 Å². The predicted molar refractivity (Wildman–Crippen MR) is 101 cm³/mol. The maximum Gasteiger partial charge on any atom is 0.254 e. The number of rotatable bonds is 7. The van der Waals surface area contributed by atoms with Crippen LogP contribution in [0.15, 0.2) is 18.2 Å². The SMILES string of the molecule is COc1cc(C(=O)N2CCN(CC(C)C)CC2)ccc1OCC(C)C. The number of ether oxygens (including phenoxy) is 2. The minimum atomic E-state index is 0.0675. The molecule has 0 N–H and O–H groups in total. The minimum Gasteiger partial charge on any atom is -0.493 e. The fraction of sp³-hybridized carbons (Fsp3) is 0.650. The fourth-order valence-corrected chi connectivity index (χ4v) is 3.01. The van der Waals surface area contributed by atoms with E-state index in [1.165, 1.54) is 0 Å². The van der Waals surface area contributed by atoms with Gasteiger partial charge in [0.05, 0.1) is 13.7 Å². The Morgan fingerprint density at radius 3 is 2.28 bits per heavy atom. The van der Waals surface area contributed by atoms with Gasteiger partial charge >= 0.3 is 0 Å². The van der Waals surface area contributed by atoms with E-state index in [1.54, 1.807) is 13.2 Å². The van der Waals surface area contributed by atoms with Crippen LogP contribution in [0.1, 0.15) is 38.1 Å². The Bertz CT molecular complexity index is 564. The standard InChI is InChI=1S/C20H32N2O3/c1-15(2)13-21-8-10-22(11-9-21)20(23)17-6-7-18(19(12-17)24-5)25-14-16(3)4/h6-7,12,15-16H,8-11,13-14H2,1-5H3. The van der Waals surface area contributed by atoms with Crippen molar-refractivity contribution in [2.75, 3.05) is 46.4 Å². The number of hydrogen-bond donors (Lipinski definition) is 0. The molecule has 0 radical (unpaired) electrons. The van der Waals surface area contributed by atoms with E-state index in [4.69, 9.17) is 9.47 Å². The van der Waals surface area contributed by atoms with Crippen LogP contribution in [-0.2, 0) is 0 Å². The van der Waals surface area contributed by atoms with E-state index in [9.17, 15) is 4.79 Å². The lowest BCUT2D eigenvalue weighted by Gasteiger charge is -2.35. The highest BCUT2D eigenvalue weighted by molar-refractivity contribution is 5.95. The van der Waals surface area contributed by atoms with Crippen LogP contribution >= 0.6 is 0 Å². The summed E-state index contributed by atoms with van der Waals surface area (Å²) >= 11 is 0. The molecule has 5 nitrogen and oxygen atoms in total. The van der Waals surface area contributed by atoms with Gasteiger partial charge in [-0.15, -0.1) is 0 Å². The maximum absolute atomic E-state index is 12.8. The van der Waals surface area contributed by atoms with Crippen molar-refractivity contribution in [1.82, 2.24) is 9.80 Å². The topological polar surface area (TPSA) is 42.0 Å². The van der Waals surface area contributed by atoms with E-state index in [0.29, 0.717) is 35.5 Å². The van der Waals surface area contributed by atoms with Crippen LogP contribution in [0.3, 0.4) is 0 Å². The van der Waals surface area contributed by atoms with E-state index >= 15 is 0 Å². The second-order valence-corrected chi connectivity index (χ2v) is 7.56. The summed E-state index contributed by atoms with van der Waals surface area (Å²) in [6, 6.07) is 5.46. The third-order valence-corrected chi connectivity index (χ3v) is 4.27. The van der Waals surface area contributed by atoms with Crippen LogP contribution in [0.2, 0.25) is 0 Å². The Hall–Kier alpha value is -1.75. The summed E-state index contributed by atoms with van der Waals surface area (Å²) < 4.78 is 11.2. The molecule has 140 valence electrons. The van der Waals surface area contributed by atoms with Gasteiger partial charge in [0.1, 0.15) is 0 Å². The van der Waals surface area contributed by atoms with Crippen LogP contribution < -0.4 is 9.47 Å². The molecule has 1 aliphatic heterocycles. The number of benzene rings is 1. The van der Waals surface area contributed by atoms with E-state index < -0.39 is 0 Å². The molecule has 1 aromatic carbocycles. The van der Waals surface area contributed by atoms with Crippen LogP contribution in [0, 0.1) is 11.8 Å². The lowest BCUT2D eigenvalue weighted by atomic mass is 10.1. The first kappa shape index (κ1) is 19.6. The van der Waals surface area contributed by atoms with Crippen LogP contribution in [-0.4, -0.2) is 62.1 Å². The smallest absolute Gasteiger partial charge is 0.254 e. The van der Waals surface area contributed by atoms with E-state index in [2.05, 4.69) is 32.6 Å². The van der Waals surface area contributed by atoms with Crippen molar-refractivity contribution < 1.29 is 14.3 Å². The van der Waals surface area contributed by atoms with Crippen LogP contribution in [0.5, 0.6) is 11.5 Å². The maximum atomic E-state index is 12.8. The summed E-state index contributed by atoms with van der Waals surface area (Å²) in [4.78, 5) is 17.1. The highest BCUT2D eigenvalue weighted by Gasteiger charge is 2.23. The third kappa shape index (κ3) is 5.63. The molecule has 1 aromatic rings. The van der Waals surface area contributed by atoms with Crippen molar-refractivity contribution in [1.29, 1.82) is 0 Å². The third-order valence-electron chi connectivity index (χ3n) is 4.27. The van der Waals surface area contributed by atoms with Crippen LogP contribution in [0.4, 0.5) is 0 Å². The Morgan fingerprint density at radius 1 is 1.04 bits per heavy atom. The zero-order chi connectivity index (χ0) is 18.4. The van der Waals surface area contributed by atoms with Gasteiger partial charge in [-0.2, -0.15) is 0 Å². The number of nitrogens with zero attached hydrogens (tertiary/aromatic N) is 2. The van der Waals surface area contributed by atoms with Crippen molar-refractivity contribution in [2.24, 2.45) is 11.8 Å². The van der Waals surface area contributed by atoms with Gasteiger partial charge < -0.3 is 14.4 Å². The first-order valence-corrected chi connectivity index (χ1v) is 9.23. The zero-order valence-corrected chi connectivity index (χ0v) is 16.2. The van der Waals surface area contributed by atoms with Gasteiger partial charge in [-0.1, -0.05) is 27.7 Å². The molecule has 1 amide bonds. The summed E-state index contributed by atoms with van der Waals surface area (Å²) in [5.74, 6) is 2.47. The minimum absolute atomic E-state index is 0.0675. The van der Waals surface area contributed by atoms with E-state index in [0.717, 1.165) is 32.7 Å². The molecule has 0 aromatic heterocycles. The summed E-state index contributed by atoms with van der Waals surface area (Å²) in [7, 11) is 1.61. The lowest BCUT2D eigenvalue weighted by Crippen LogP contribution is -2.49. The van der Waals surface area contributed by atoms with E-state index in [-0.39, 0.29) is 5.91 Å². The highest BCUT2D eigenvalue weighted by Crippen LogP contribution is 2.29. The van der Waals surface area contributed by atoms with E-state index in [1.807, 2.05) is 17.0 Å². The van der Waals surface area contributed by atoms with Gasteiger partial charge in [-0.25, -0.2) is 0 Å². The summed E-state index contributed by atoms with van der Waals surface area (Å²) in [6.07, 6.45) is 0. The molecule has 0 spiro atoms. The number of amides is 1. The second-order valence-electron chi connectivity index (χ2n) is 7.56. The molecule has 0 saturated carbocycles. The number of piperazine rings is 1. The van der Waals surface area contributed by atoms with Crippen LogP contribution in [0.25, 0.3) is 0 Å². The first-order valence-electron chi connectivity index (χ1n) is 9.23. The molecule has 1 aliphatic rings. The lowest BCUT2D eigenvalue weighted by molar-refractivity contribution is 0.0623. The average Bonchev–Trinajstić information content (AvgIpc) is 2.59. The molecule has 0 unspecified atom stereocenters. The molecule has 0 bridgehead atoms. The highest BCUT2D eigenvalue weighted by atomic mass is 16.5. The van der Waals surface area contributed by atoms with Crippen molar-refractivity contribution in [3.8, 4) is 11.5 Å². The molecule has 1 heterocycles. The van der Waals surface area contributed by atoms with Crippen molar-refractivity contribution in [3.63, 3.8) is 0 Å². The van der Waals surface area contributed by atoms with Gasteiger partial charge in [0.2, 0.25) is 0 Å². The molecule has 25 heavy (non-hydrogen) atoms. The normalized spacial score (nSPS) is 15.7. The quantitative estimate of drug-likeness (QED) is 0.759. The van der Waals surface area contributed by atoms with Gasteiger partial charge in [0.25, 0.3) is 5.91 Å². The Labute approximate surface area is 151 Å². The average molecular weight is 348 g/mol. The fourth-order valence-electron chi connectivity index (χ4n) is 3.01. The number of methoxy groups -OCH3 is 1. The number of carbonyl (C=O) groups is 1. The van der Waals surface area contributed by atoms with Gasteiger partial charge in [0, 0.05) is 38.3 Å². The number of hydrogen-bond acceptors (Lipinski definition) is 4. The molecular weight excluding hydrogens is 316 g/mol. The second kappa shape index (κ2) is 9.09. The van der Waals surface area contributed by atoms with Gasteiger partial charge in [0.15, 0.2) is 11.5 Å². The summed E-state index contributed by atoms with van der Waals surface area (Å²) in [5.41, 5.74) is 0.658. The molecule has 1 fully saturated rings. The van der Waals surface area contributed by atoms with Gasteiger partial charge in [-0.3, -0.25) is 9.69 Å². The molecular formula is C20H32N2O3. The van der Waals surface area contributed by atoms with Crippen molar-refractivity contribution >= 4 is 5.91 Å². The largest absolute Gasteiger partial charge is 0.493 e. The summed E-state index contributed by atoms with van der Waals surface area (Å²) in [5, 5.41) is 0.